The van der Waals surface area contributed by atoms with Gasteiger partial charge in [0, 0.05) is 13.3 Å². The summed E-state index contributed by atoms with van der Waals surface area (Å²) < 4.78 is 5.44. The molecular weight excluding hydrogens is 224 g/mol. The lowest BCUT2D eigenvalue weighted by molar-refractivity contribution is -0.144. The molecular formula is C16H18O2. The van der Waals surface area contributed by atoms with Crippen LogP contribution in [0.3, 0.4) is 0 Å². The molecule has 0 bridgehead atoms. The molecule has 1 atom stereocenters. The monoisotopic (exact) mass is 242 g/mol. The summed E-state index contributed by atoms with van der Waals surface area (Å²) in [7, 11) is 0. The standard InChI is InChI=1S/C16H18O2/c1-13(17)18-16(15-10-6-3-7-11-15)12-14-8-4-2-5-9-14/h2,4-6,8-11,16H,3,7,12H2,1H3. The summed E-state index contributed by atoms with van der Waals surface area (Å²) in [5.41, 5.74) is 2.30. The molecule has 18 heavy (non-hydrogen) atoms. The minimum absolute atomic E-state index is 0.165. The van der Waals surface area contributed by atoms with Crippen molar-refractivity contribution in [3.8, 4) is 0 Å². The average molecular weight is 242 g/mol. The molecule has 1 aliphatic carbocycles. The summed E-state index contributed by atoms with van der Waals surface area (Å²) in [4.78, 5) is 11.2. The van der Waals surface area contributed by atoms with Crippen LogP contribution < -0.4 is 0 Å². The predicted molar refractivity (Wildman–Crippen MR) is 72.2 cm³/mol. The minimum Gasteiger partial charge on any atom is -0.457 e. The second-order valence-electron chi connectivity index (χ2n) is 4.47. The third-order valence-corrected chi connectivity index (χ3v) is 2.97. The van der Waals surface area contributed by atoms with Crippen LogP contribution in [0, 0.1) is 0 Å². The highest BCUT2D eigenvalue weighted by molar-refractivity contribution is 5.66. The van der Waals surface area contributed by atoms with Crippen molar-refractivity contribution in [2.75, 3.05) is 0 Å². The maximum absolute atomic E-state index is 11.2. The van der Waals surface area contributed by atoms with Crippen molar-refractivity contribution in [1.82, 2.24) is 0 Å². The van der Waals surface area contributed by atoms with Crippen LogP contribution in [-0.4, -0.2) is 12.1 Å². The molecule has 1 aromatic rings. The second kappa shape index (κ2) is 6.20. The van der Waals surface area contributed by atoms with Crippen LogP contribution in [0.4, 0.5) is 0 Å². The fourth-order valence-corrected chi connectivity index (χ4v) is 2.13. The zero-order valence-electron chi connectivity index (χ0n) is 10.6. The van der Waals surface area contributed by atoms with E-state index in [0.29, 0.717) is 0 Å². The number of allylic oxidation sites excluding steroid dienone is 2. The smallest absolute Gasteiger partial charge is 0.303 e. The first-order valence-corrected chi connectivity index (χ1v) is 6.33. The van der Waals surface area contributed by atoms with Gasteiger partial charge in [-0.1, -0.05) is 48.6 Å². The van der Waals surface area contributed by atoms with Crippen molar-refractivity contribution in [3.05, 3.63) is 59.7 Å². The predicted octanol–water partition coefficient (Wildman–Crippen LogP) is 3.44. The van der Waals surface area contributed by atoms with Crippen LogP contribution in [0.2, 0.25) is 0 Å². The molecule has 94 valence electrons. The van der Waals surface area contributed by atoms with Gasteiger partial charge in [0.25, 0.3) is 0 Å². The quantitative estimate of drug-likeness (QED) is 0.756. The van der Waals surface area contributed by atoms with Gasteiger partial charge in [-0.15, -0.1) is 0 Å². The van der Waals surface area contributed by atoms with E-state index >= 15 is 0 Å². The SMILES string of the molecule is CC(=O)OC(Cc1ccccc1)C1=CCCC=C1. The fourth-order valence-electron chi connectivity index (χ4n) is 2.13. The Hall–Kier alpha value is -1.83. The molecule has 0 saturated heterocycles. The van der Waals surface area contributed by atoms with E-state index in [1.54, 1.807) is 0 Å². The van der Waals surface area contributed by atoms with E-state index in [9.17, 15) is 4.79 Å². The molecule has 0 saturated carbocycles. The highest BCUT2D eigenvalue weighted by Crippen LogP contribution is 2.19. The molecule has 2 heteroatoms. The molecule has 0 N–H and O–H groups in total. The number of hydrogen-bond donors (Lipinski definition) is 0. The molecule has 0 aliphatic heterocycles. The number of rotatable bonds is 4. The number of ether oxygens (including phenoxy) is 1. The van der Waals surface area contributed by atoms with Gasteiger partial charge >= 0.3 is 5.97 Å². The molecule has 0 radical (unpaired) electrons. The first-order chi connectivity index (χ1) is 8.75. The average Bonchev–Trinajstić information content (AvgIpc) is 2.40. The van der Waals surface area contributed by atoms with Crippen molar-refractivity contribution in [1.29, 1.82) is 0 Å². The van der Waals surface area contributed by atoms with Gasteiger partial charge in [-0.3, -0.25) is 4.79 Å². The Morgan fingerprint density at radius 2 is 2.06 bits per heavy atom. The number of esters is 1. The Bertz CT molecular complexity index is 457. The molecule has 0 fully saturated rings. The van der Waals surface area contributed by atoms with E-state index < -0.39 is 0 Å². The van der Waals surface area contributed by atoms with Gasteiger partial charge in [0.05, 0.1) is 0 Å². The zero-order chi connectivity index (χ0) is 12.8. The molecule has 0 aromatic heterocycles. The molecule has 2 nitrogen and oxygen atoms in total. The molecule has 1 aromatic carbocycles. The van der Waals surface area contributed by atoms with Crippen molar-refractivity contribution in [2.45, 2.75) is 32.3 Å². The summed E-state index contributed by atoms with van der Waals surface area (Å²) in [6.07, 6.45) is 9.03. The van der Waals surface area contributed by atoms with E-state index in [1.165, 1.54) is 12.5 Å². The third-order valence-electron chi connectivity index (χ3n) is 2.97. The Morgan fingerprint density at radius 3 is 2.67 bits per heavy atom. The van der Waals surface area contributed by atoms with Crippen LogP contribution in [0.1, 0.15) is 25.3 Å². The Balaban J connectivity index is 2.12. The third kappa shape index (κ3) is 3.59. The lowest BCUT2D eigenvalue weighted by atomic mass is 9.97. The van der Waals surface area contributed by atoms with Crippen molar-refractivity contribution in [3.63, 3.8) is 0 Å². The largest absolute Gasteiger partial charge is 0.457 e. The highest BCUT2D eigenvalue weighted by Gasteiger charge is 2.17. The number of benzene rings is 1. The molecule has 1 unspecified atom stereocenters. The van der Waals surface area contributed by atoms with Crippen LogP contribution in [-0.2, 0) is 16.0 Å². The van der Waals surface area contributed by atoms with E-state index in [-0.39, 0.29) is 12.1 Å². The molecule has 1 aliphatic rings. The van der Waals surface area contributed by atoms with E-state index in [0.717, 1.165) is 24.8 Å². The first kappa shape index (κ1) is 12.6. The molecule has 0 spiro atoms. The van der Waals surface area contributed by atoms with Crippen LogP contribution in [0.25, 0.3) is 0 Å². The highest BCUT2D eigenvalue weighted by atomic mass is 16.5. The van der Waals surface area contributed by atoms with Crippen molar-refractivity contribution >= 4 is 5.97 Å². The Morgan fingerprint density at radius 1 is 1.28 bits per heavy atom. The first-order valence-electron chi connectivity index (χ1n) is 6.33. The fraction of sp³-hybridized carbons (Fsp3) is 0.312. The molecule has 0 amide bonds. The maximum atomic E-state index is 11.2. The Labute approximate surface area is 108 Å². The molecule has 2 rings (SSSR count). The zero-order valence-corrected chi connectivity index (χ0v) is 10.6. The van der Waals surface area contributed by atoms with Crippen LogP contribution in [0.15, 0.2) is 54.1 Å². The summed E-state index contributed by atoms with van der Waals surface area (Å²) in [5.74, 6) is -0.226. The second-order valence-corrected chi connectivity index (χ2v) is 4.47. The van der Waals surface area contributed by atoms with Gasteiger partial charge in [-0.05, 0) is 24.0 Å². The number of carbonyl (C=O) groups is 1. The van der Waals surface area contributed by atoms with Gasteiger partial charge in [0.15, 0.2) is 0 Å². The van der Waals surface area contributed by atoms with Gasteiger partial charge in [-0.25, -0.2) is 0 Å². The summed E-state index contributed by atoms with van der Waals surface area (Å²) in [5, 5.41) is 0. The topological polar surface area (TPSA) is 26.3 Å². The Kier molecular flexibility index (Phi) is 4.35. The summed E-state index contributed by atoms with van der Waals surface area (Å²) in [6.45, 7) is 1.46. The summed E-state index contributed by atoms with van der Waals surface area (Å²) >= 11 is 0. The van der Waals surface area contributed by atoms with E-state index in [1.807, 2.05) is 18.2 Å². The van der Waals surface area contributed by atoms with Crippen LogP contribution in [0.5, 0.6) is 0 Å². The number of carbonyl (C=O) groups excluding carboxylic acids is 1. The van der Waals surface area contributed by atoms with Gasteiger partial charge in [0.1, 0.15) is 6.10 Å². The van der Waals surface area contributed by atoms with Crippen LogP contribution >= 0.6 is 0 Å². The normalized spacial score (nSPS) is 15.9. The number of hydrogen-bond acceptors (Lipinski definition) is 2. The minimum atomic E-state index is -0.226. The van der Waals surface area contributed by atoms with E-state index in [2.05, 4.69) is 30.4 Å². The van der Waals surface area contributed by atoms with Gasteiger partial charge < -0.3 is 4.74 Å². The maximum Gasteiger partial charge on any atom is 0.303 e. The van der Waals surface area contributed by atoms with Crippen molar-refractivity contribution in [2.24, 2.45) is 0 Å². The lowest BCUT2D eigenvalue weighted by Crippen LogP contribution is -2.21. The van der Waals surface area contributed by atoms with Gasteiger partial charge in [-0.2, -0.15) is 0 Å². The van der Waals surface area contributed by atoms with Gasteiger partial charge in [0.2, 0.25) is 0 Å². The van der Waals surface area contributed by atoms with E-state index in [4.69, 9.17) is 4.74 Å². The summed E-state index contributed by atoms with van der Waals surface area (Å²) in [6, 6.07) is 10.1. The lowest BCUT2D eigenvalue weighted by Gasteiger charge is -2.20. The van der Waals surface area contributed by atoms with Crippen molar-refractivity contribution < 1.29 is 9.53 Å². The molecule has 0 heterocycles.